The Labute approximate surface area is 152 Å². The molecule has 0 spiro atoms. The summed E-state index contributed by atoms with van der Waals surface area (Å²) in [5.74, 6) is 0.176. The third-order valence-electron chi connectivity index (χ3n) is 3.96. The van der Waals surface area contributed by atoms with E-state index in [1.165, 1.54) is 6.08 Å². The summed E-state index contributed by atoms with van der Waals surface area (Å²) < 4.78 is 24.5. The van der Waals surface area contributed by atoms with Crippen LogP contribution in [0, 0.1) is 11.3 Å². The molecule has 5 heteroatoms. The summed E-state index contributed by atoms with van der Waals surface area (Å²) in [7, 11) is -3.59. The van der Waals surface area contributed by atoms with E-state index in [1.807, 2.05) is 47.6 Å². The maximum Gasteiger partial charge on any atom is 0.188 e. The predicted molar refractivity (Wildman–Crippen MR) is 103 cm³/mol. The molecular weight excluding hydrogens is 334 g/mol. The predicted octanol–water partition coefficient (Wildman–Crippen LogP) is 4.68. The van der Waals surface area contributed by atoms with Crippen molar-refractivity contribution < 1.29 is 13.5 Å². The number of phenols is 1. The average Bonchev–Trinajstić information content (AvgIpc) is 2.43. The van der Waals surface area contributed by atoms with Gasteiger partial charge < -0.3 is 5.11 Å². The van der Waals surface area contributed by atoms with Crippen molar-refractivity contribution >= 4 is 15.9 Å². The SMILES string of the molecule is CCCS(=O)(=O)/C(C#N)=C/c1cc(C(C)(C)C)c(O)c(C(C)(C)C)c1. The van der Waals surface area contributed by atoms with Gasteiger partial charge in [-0.2, -0.15) is 5.26 Å². The van der Waals surface area contributed by atoms with Crippen LogP contribution in [0.2, 0.25) is 0 Å². The zero-order valence-corrected chi connectivity index (χ0v) is 17.1. The number of nitrogens with zero attached hydrogens (tertiary/aromatic N) is 1. The summed E-state index contributed by atoms with van der Waals surface area (Å²) in [6.45, 7) is 13.7. The number of aromatic hydroxyl groups is 1. The summed E-state index contributed by atoms with van der Waals surface area (Å²) in [6.07, 6.45) is 1.87. The molecule has 138 valence electrons. The fourth-order valence-corrected chi connectivity index (χ4v) is 3.82. The van der Waals surface area contributed by atoms with Crippen molar-refractivity contribution in [2.75, 3.05) is 5.75 Å². The van der Waals surface area contributed by atoms with Crippen LogP contribution in [0.3, 0.4) is 0 Å². The van der Waals surface area contributed by atoms with Crippen LogP contribution in [-0.4, -0.2) is 19.3 Å². The van der Waals surface area contributed by atoms with Crippen LogP contribution in [0.25, 0.3) is 6.08 Å². The first kappa shape index (κ1) is 21.2. The van der Waals surface area contributed by atoms with Gasteiger partial charge in [-0.05, 0) is 41.0 Å². The number of nitriles is 1. The van der Waals surface area contributed by atoms with Gasteiger partial charge in [0.1, 0.15) is 16.7 Å². The highest BCUT2D eigenvalue weighted by Gasteiger charge is 2.27. The summed E-state index contributed by atoms with van der Waals surface area (Å²) in [4.78, 5) is -0.236. The lowest BCUT2D eigenvalue weighted by molar-refractivity contribution is 0.423. The van der Waals surface area contributed by atoms with E-state index in [9.17, 15) is 18.8 Å². The largest absolute Gasteiger partial charge is 0.507 e. The van der Waals surface area contributed by atoms with Crippen molar-refractivity contribution in [2.45, 2.75) is 65.7 Å². The number of phenolic OH excluding ortho intramolecular Hbond substituents is 1. The Hall–Kier alpha value is -1.80. The number of benzene rings is 1. The van der Waals surface area contributed by atoms with Crippen molar-refractivity contribution in [1.29, 1.82) is 5.26 Å². The Morgan fingerprint density at radius 2 is 1.56 bits per heavy atom. The first-order chi connectivity index (χ1) is 11.2. The maximum atomic E-state index is 12.3. The second-order valence-corrected chi connectivity index (χ2v) is 10.5. The van der Waals surface area contributed by atoms with E-state index in [0.29, 0.717) is 12.0 Å². The summed E-state index contributed by atoms with van der Waals surface area (Å²) >= 11 is 0. The number of hydrogen-bond acceptors (Lipinski definition) is 4. The third-order valence-corrected chi connectivity index (χ3v) is 5.79. The summed E-state index contributed by atoms with van der Waals surface area (Å²) in [6, 6.07) is 5.35. The molecule has 4 nitrogen and oxygen atoms in total. The van der Waals surface area contributed by atoms with Gasteiger partial charge in [0.15, 0.2) is 9.84 Å². The molecule has 0 bridgehead atoms. The van der Waals surface area contributed by atoms with Gasteiger partial charge in [0, 0.05) is 11.1 Å². The minimum atomic E-state index is -3.59. The molecule has 0 saturated heterocycles. The second kappa shape index (κ2) is 7.21. The molecule has 1 aromatic carbocycles. The van der Waals surface area contributed by atoms with Gasteiger partial charge in [0.05, 0.1) is 5.75 Å². The van der Waals surface area contributed by atoms with Gasteiger partial charge in [-0.15, -0.1) is 0 Å². The van der Waals surface area contributed by atoms with Gasteiger partial charge >= 0.3 is 0 Å². The summed E-state index contributed by atoms with van der Waals surface area (Å²) in [5.41, 5.74) is 1.45. The lowest BCUT2D eigenvalue weighted by atomic mass is 9.78. The number of hydrogen-bond donors (Lipinski definition) is 1. The van der Waals surface area contributed by atoms with Gasteiger partial charge in [-0.25, -0.2) is 8.42 Å². The number of rotatable bonds is 4. The minimum Gasteiger partial charge on any atom is -0.507 e. The van der Waals surface area contributed by atoms with E-state index in [-0.39, 0.29) is 27.2 Å². The Kier molecular flexibility index (Phi) is 6.13. The van der Waals surface area contributed by atoms with Crippen molar-refractivity contribution in [3.05, 3.63) is 33.7 Å². The van der Waals surface area contributed by atoms with Gasteiger partial charge in [-0.3, -0.25) is 0 Å². The molecule has 0 fully saturated rings. The van der Waals surface area contributed by atoms with E-state index >= 15 is 0 Å². The Bertz CT molecular complexity index is 779. The van der Waals surface area contributed by atoms with Crippen molar-refractivity contribution in [3.8, 4) is 11.8 Å². The normalized spacial score (nSPS) is 13.6. The fourth-order valence-electron chi connectivity index (χ4n) is 2.61. The van der Waals surface area contributed by atoms with Crippen LogP contribution < -0.4 is 0 Å². The topological polar surface area (TPSA) is 78.2 Å². The zero-order valence-electron chi connectivity index (χ0n) is 16.3. The molecule has 0 aromatic heterocycles. The molecule has 0 aliphatic heterocycles. The molecule has 1 rings (SSSR count). The molecule has 0 heterocycles. The Morgan fingerprint density at radius 1 is 1.12 bits per heavy atom. The Balaban J connectivity index is 3.72. The highest BCUT2D eigenvalue weighted by atomic mass is 32.2. The molecule has 0 saturated carbocycles. The first-order valence-corrected chi connectivity index (χ1v) is 10.1. The molecule has 25 heavy (non-hydrogen) atoms. The molecule has 0 aliphatic carbocycles. The average molecular weight is 364 g/mol. The van der Waals surface area contributed by atoms with Crippen LogP contribution in [0.5, 0.6) is 5.75 Å². The lowest BCUT2D eigenvalue weighted by Gasteiger charge is -2.28. The molecule has 1 N–H and O–H groups in total. The molecule has 1 aromatic rings. The van der Waals surface area contributed by atoms with Gasteiger partial charge in [0.25, 0.3) is 0 Å². The van der Waals surface area contributed by atoms with E-state index < -0.39 is 9.84 Å². The van der Waals surface area contributed by atoms with Crippen LogP contribution in [-0.2, 0) is 20.7 Å². The van der Waals surface area contributed by atoms with E-state index in [4.69, 9.17) is 0 Å². The lowest BCUT2D eigenvalue weighted by Crippen LogP contribution is -2.17. The molecule has 0 radical (unpaired) electrons. The highest BCUT2D eigenvalue weighted by molar-refractivity contribution is 7.95. The van der Waals surface area contributed by atoms with Crippen LogP contribution in [0.15, 0.2) is 17.0 Å². The smallest absolute Gasteiger partial charge is 0.188 e. The Morgan fingerprint density at radius 3 is 1.88 bits per heavy atom. The molecule has 0 amide bonds. The monoisotopic (exact) mass is 363 g/mol. The van der Waals surface area contributed by atoms with Crippen molar-refractivity contribution in [2.24, 2.45) is 0 Å². The van der Waals surface area contributed by atoms with Crippen LogP contribution in [0.4, 0.5) is 0 Å². The third kappa shape index (κ3) is 5.09. The highest BCUT2D eigenvalue weighted by Crippen LogP contribution is 2.40. The quantitative estimate of drug-likeness (QED) is 0.788. The van der Waals surface area contributed by atoms with Gasteiger partial charge in [-0.1, -0.05) is 48.5 Å². The van der Waals surface area contributed by atoms with E-state index in [1.54, 1.807) is 19.1 Å². The fraction of sp³-hybridized carbons (Fsp3) is 0.550. The number of sulfone groups is 1. The van der Waals surface area contributed by atoms with E-state index in [0.717, 1.165) is 11.1 Å². The first-order valence-electron chi connectivity index (χ1n) is 8.46. The minimum absolute atomic E-state index is 0.0528. The van der Waals surface area contributed by atoms with Gasteiger partial charge in [0.2, 0.25) is 0 Å². The molecule has 0 aliphatic rings. The molecule has 0 atom stereocenters. The molecule has 0 unspecified atom stereocenters. The summed E-state index contributed by atoms with van der Waals surface area (Å²) in [5, 5.41) is 20.0. The van der Waals surface area contributed by atoms with Crippen molar-refractivity contribution in [1.82, 2.24) is 0 Å². The molecular formula is C20H29NO3S. The van der Waals surface area contributed by atoms with Crippen LogP contribution in [0.1, 0.15) is 71.6 Å². The number of allylic oxidation sites excluding steroid dienone is 1. The zero-order chi connectivity index (χ0) is 19.6. The maximum absolute atomic E-state index is 12.3. The van der Waals surface area contributed by atoms with E-state index in [2.05, 4.69) is 0 Å². The van der Waals surface area contributed by atoms with Crippen molar-refractivity contribution in [3.63, 3.8) is 0 Å². The standard InChI is InChI=1S/C20H29NO3S/c1-8-9-25(23,24)15(13-21)10-14-11-16(19(2,3)4)18(22)17(12-14)20(5,6)7/h10-12,22H,8-9H2,1-7H3/b15-10+. The second-order valence-electron chi connectivity index (χ2n) is 8.40. The van der Waals surface area contributed by atoms with Crippen LogP contribution >= 0.6 is 0 Å².